The van der Waals surface area contributed by atoms with E-state index in [9.17, 15) is 4.79 Å². The van der Waals surface area contributed by atoms with Crippen molar-refractivity contribution in [1.82, 2.24) is 0 Å². The first-order valence-electron chi connectivity index (χ1n) is 4.66. The van der Waals surface area contributed by atoms with E-state index in [2.05, 4.69) is 0 Å². The maximum atomic E-state index is 10.4. The van der Waals surface area contributed by atoms with Gasteiger partial charge in [-0.25, -0.2) is 4.79 Å². The van der Waals surface area contributed by atoms with Crippen LogP contribution < -0.4 is 0 Å². The summed E-state index contributed by atoms with van der Waals surface area (Å²) in [5, 5.41) is 8.55. The number of fused-ring (bicyclic) bond motifs is 1. The summed E-state index contributed by atoms with van der Waals surface area (Å²) in [4.78, 5) is 10.4. The normalized spacial score (nSPS) is 10.9. The average molecular weight is 198 g/mol. The summed E-state index contributed by atoms with van der Waals surface area (Å²) in [5.41, 5.74) is 3.12. The van der Waals surface area contributed by atoms with E-state index in [1.165, 1.54) is 0 Å². The Bertz CT molecular complexity index is 486. The second kappa shape index (κ2) is 3.96. The molecule has 2 rings (SSSR count). The molecule has 15 heavy (non-hydrogen) atoms. The molecule has 2 aliphatic carbocycles. The van der Waals surface area contributed by atoms with Gasteiger partial charge in [0, 0.05) is 6.08 Å². The number of rotatable bonds is 2. The minimum atomic E-state index is -0.926. The molecule has 0 spiro atoms. The van der Waals surface area contributed by atoms with Gasteiger partial charge in [0.15, 0.2) is 0 Å². The molecule has 1 N–H and O–H groups in total. The lowest BCUT2D eigenvalue weighted by Crippen LogP contribution is -1.85. The third kappa shape index (κ3) is 2.05. The minimum absolute atomic E-state index is 0.926. The highest BCUT2D eigenvalue weighted by molar-refractivity contribution is 5.88. The van der Waals surface area contributed by atoms with Crippen LogP contribution in [0.2, 0.25) is 0 Å². The van der Waals surface area contributed by atoms with Gasteiger partial charge >= 0.3 is 5.97 Å². The number of carboxylic acid groups (broad SMARTS) is 1. The van der Waals surface area contributed by atoms with Crippen LogP contribution in [0, 0.1) is 0 Å². The van der Waals surface area contributed by atoms with Crippen molar-refractivity contribution in [2.75, 3.05) is 0 Å². The molecule has 0 bridgehead atoms. The van der Waals surface area contributed by atoms with E-state index in [0.717, 1.165) is 22.8 Å². The predicted molar refractivity (Wildman–Crippen MR) is 59.7 cm³/mol. The average Bonchev–Trinajstić information content (AvgIpc) is 2.44. The van der Waals surface area contributed by atoms with Crippen molar-refractivity contribution < 1.29 is 9.90 Å². The fraction of sp³-hybridized carbons (Fsp3) is 0. The molecule has 0 unspecified atom stereocenters. The number of aliphatic carboxylic acids is 1. The molecule has 0 radical (unpaired) electrons. The number of carboxylic acids is 1. The molecule has 0 saturated carbocycles. The van der Waals surface area contributed by atoms with E-state index in [-0.39, 0.29) is 0 Å². The molecule has 0 heterocycles. The second-order valence-electron chi connectivity index (χ2n) is 3.24. The van der Waals surface area contributed by atoms with E-state index < -0.39 is 5.97 Å². The number of carbonyl (C=O) groups is 1. The van der Waals surface area contributed by atoms with Gasteiger partial charge in [-0.05, 0) is 22.8 Å². The Morgan fingerprint density at radius 3 is 2.67 bits per heavy atom. The van der Waals surface area contributed by atoms with Crippen molar-refractivity contribution in [3.63, 3.8) is 0 Å². The largest absolute Gasteiger partial charge is 0.478 e. The zero-order valence-corrected chi connectivity index (χ0v) is 8.05. The molecule has 2 aliphatic rings. The van der Waals surface area contributed by atoms with Gasteiger partial charge in [-0.1, -0.05) is 42.5 Å². The van der Waals surface area contributed by atoms with Crippen molar-refractivity contribution in [2.45, 2.75) is 0 Å². The third-order valence-corrected chi connectivity index (χ3v) is 2.23. The standard InChI is InChI=1S/C13H10O2/c14-13(15)9-8-11-7-6-10-4-2-1-3-5-12(10)11/h1-9H,(H,14,15). The quantitative estimate of drug-likeness (QED) is 0.753. The molecule has 0 aromatic rings. The van der Waals surface area contributed by atoms with Crippen LogP contribution >= 0.6 is 0 Å². The Balaban J connectivity index is 2.45. The predicted octanol–water partition coefficient (Wildman–Crippen LogP) is 2.89. The smallest absolute Gasteiger partial charge is 0.328 e. The molecule has 0 aromatic heterocycles. The molecule has 0 fully saturated rings. The van der Waals surface area contributed by atoms with Gasteiger partial charge in [0.25, 0.3) is 0 Å². The highest BCUT2D eigenvalue weighted by Gasteiger charge is 2.04. The van der Waals surface area contributed by atoms with Gasteiger partial charge in [-0.15, -0.1) is 0 Å². The zero-order valence-electron chi connectivity index (χ0n) is 8.05. The van der Waals surface area contributed by atoms with E-state index >= 15 is 0 Å². The Kier molecular flexibility index (Phi) is 2.50. The molecular weight excluding hydrogens is 188 g/mol. The summed E-state index contributed by atoms with van der Waals surface area (Å²) in [6.45, 7) is 0. The minimum Gasteiger partial charge on any atom is -0.478 e. The van der Waals surface area contributed by atoms with Crippen molar-refractivity contribution >= 4 is 12.0 Å². The molecule has 0 amide bonds. The summed E-state index contributed by atoms with van der Waals surface area (Å²) < 4.78 is 0. The number of hydrogen-bond acceptors (Lipinski definition) is 1. The van der Waals surface area contributed by atoms with Crippen molar-refractivity contribution in [2.24, 2.45) is 0 Å². The fourth-order valence-electron chi connectivity index (χ4n) is 1.55. The Hall–Kier alpha value is -2.09. The fourth-order valence-corrected chi connectivity index (χ4v) is 1.55. The highest BCUT2D eigenvalue weighted by atomic mass is 16.4. The third-order valence-electron chi connectivity index (χ3n) is 2.23. The summed E-state index contributed by atoms with van der Waals surface area (Å²) in [7, 11) is 0. The van der Waals surface area contributed by atoms with Crippen LogP contribution in [-0.2, 0) is 4.79 Å². The van der Waals surface area contributed by atoms with Crippen LogP contribution in [0.25, 0.3) is 17.2 Å². The SMILES string of the molecule is O=C(O)C=Cc1ccc2cccccc1-2. The molecule has 0 atom stereocenters. The van der Waals surface area contributed by atoms with Crippen LogP contribution in [0.15, 0.2) is 48.5 Å². The lowest BCUT2D eigenvalue weighted by Gasteiger charge is -1.93. The molecule has 0 aliphatic heterocycles. The van der Waals surface area contributed by atoms with Crippen molar-refractivity contribution in [3.05, 3.63) is 54.1 Å². The topological polar surface area (TPSA) is 37.3 Å². The van der Waals surface area contributed by atoms with Gasteiger partial charge in [0.05, 0.1) is 0 Å². The second-order valence-corrected chi connectivity index (χ2v) is 3.24. The van der Waals surface area contributed by atoms with E-state index in [1.807, 2.05) is 42.5 Å². The summed E-state index contributed by atoms with van der Waals surface area (Å²) in [5.74, 6) is -0.926. The summed E-state index contributed by atoms with van der Waals surface area (Å²) in [6.07, 6.45) is 2.77. The molecule has 2 nitrogen and oxygen atoms in total. The van der Waals surface area contributed by atoms with Gasteiger partial charge in [-0.3, -0.25) is 0 Å². The first-order valence-corrected chi connectivity index (χ1v) is 4.66. The molecule has 2 heteroatoms. The Morgan fingerprint density at radius 1 is 1.07 bits per heavy atom. The van der Waals surface area contributed by atoms with Gasteiger partial charge in [-0.2, -0.15) is 0 Å². The van der Waals surface area contributed by atoms with Crippen molar-refractivity contribution in [3.8, 4) is 11.1 Å². The molecule has 0 aromatic carbocycles. The lowest BCUT2D eigenvalue weighted by molar-refractivity contribution is -0.131. The van der Waals surface area contributed by atoms with Gasteiger partial charge < -0.3 is 5.11 Å². The zero-order chi connectivity index (χ0) is 10.7. The van der Waals surface area contributed by atoms with E-state index in [1.54, 1.807) is 6.08 Å². The summed E-state index contributed by atoms with van der Waals surface area (Å²) in [6, 6.07) is 13.8. The first kappa shape index (κ1) is 9.46. The van der Waals surface area contributed by atoms with E-state index in [0.29, 0.717) is 0 Å². The Labute approximate surface area is 87.8 Å². The molecule has 0 saturated heterocycles. The van der Waals surface area contributed by atoms with E-state index in [4.69, 9.17) is 5.11 Å². The van der Waals surface area contributed by atoms with Crippen LogP contribution in [0.3, 0.4) is 0 Å². The van der Waals surface area contributed by atoms with Crippen LogP contribution in [0.1, 0.15) is 5.56 Å². The monoisotopic (exact) mass is 198 g/mol. The Morgan fingerprint density at radius 2 is 1.87 bits per heavy atom. The molecule has 74 valence electrons. The van der Waals surface area contributed by atoms with Crippen molar-refractivity contribution in [1.29, 1.82) is 0 Å². The summed E-state index contributed by atoms with van der Waals surface area (Å²) >= 11 is 0. The van der Waals surface area contributed by atoms with Crippen LogP contribution in [0.4, 0.5) is 0 Å². The van der Waals surface area contributed by atoms with Gasteiger partial charge in [0.2, 0.25) is 0 Å². The first-order chi connectivity index (χ1) is 7.27. The maximum absolute atomic E-state index is 10.4. The maximum Gasteiger partial charge on any atom is 0.328 e. The molecular formula is C13H10O2. The van der Waals surface area contributed by atoms with Crippen LogP contribution in [0.5, 0.6) is 0 Å². The van der Waals surface area contributed by atoms with Crippen LogP contribution in [-0.4, -0.2) is 11.1 Å². The van der Waals surface area contributed by atoms with Gasteiger partial charge in [0.1, 0.15) is 0 Å². The lowest BCUT2D eigenvalue weighted by atomic mass is 10.1. The number of hydrogen-bond donors (Lipinski definition) is 1. The highest BCUT2D eigenvalue weighted by Crippen LogP contribution is 2.27.